The van der Waals surface area contributed by atoms with E-state index in [2.05, 4.69) is 38.2 Å². The molecule has 0 saturated heterocycles. The number of hydrogen-bond donors (Lipinski definition) is 2. The van der Waals surface area contributed by atoms with Crippen LogP contribution in [0.25, 0.3) is 0 Å². The summed E-state index contributed by atoms with van der Waals surface area (Å²) < 4.78 is 0. The van der Waals surface area contributed by atoms with E-state index in [-0.39, 0.29) is 17.6 Å². The van der Waals surface area contributed by atoms with Crippen LogP contribution in [0.2, 0.25) is 0 Å². The maximum Gasteiger partial charge on any atom is 0.227 e. The fraction of sp³-hybridized carbons (Fsp3) is 0.458. The Morgan fingerprint density at radius 3 is 2.30 bits per heavy atom. The van der Waals surface area contributed by atoms with Crippen LogP contribution in [-0.4, -0.2) is 11.0 Å². The Labute approximate surface area is 162 Å². The number of aromatic hydroxyl groups is 1. The highest BCUT2D eigenvalue weighted by Crippen LogP contribution is 2.40. The number of nitrogens with one attached hydrogen (secondary N) is 1. The first-order valence-corrected chi connectivity index (χ1v) is 9.99. The van der Waals surface area contributed by atoms with Crippen LogP contribution in [0, 0.1) is 17.3 Å². The smallest absolute Gasteiger partial charge is 0.227 e. The minimum absolute atomic E-state index is 0.0727. The third-order valence-corrected chi connectivity index (χ3v) is 5.82. The Balaban J connectivity index is 1.63. The van der Waals surface area contributed by atoms with E-state index in [1.54, 1.807) is 12.1 Å². The maximum absolute atomic E-state index is 12.7. The van der Waals surface area contributed by atoms with Crippen molar-refractivity contribution in [3.63, 3.8) is 0 Å². The molecule has 0 aliphatic heterocycles. The number of phenols is 1. The maximum atomic E-state index is 12.7. The van der Waals surface area contributed by atoms with Crippen LogP contribution in [0.15, 0.2) is 48.5 Å². The monoisotopic (exact) mass is 365 g/mol. The van der Waals surface area contributed by atoms with Crippen LogP contribution in [0.5, 0.6) is 5.75 Å². The highest BCUT2D eigenvalue weighted by atomic mass is 16.3. The minimum atomic E-state index is 0.0727. The predicted molar refractivity (Wildman–Crippen MR) is 111 cm³/mol. The largest absolute Gasteiger partial charge is 0.508 e. The van der Waals surface area contributed by atoms with Crippen LogP contribution < -0.4 is 5.32 Å². The molecule has 1 fully saturated rings. The topological polar surface area (TPSA) is 49.3 Å². The van der Waals surface area contributed by atoms with Crippen molar-refractivity contribution in [2.45, 2.75) is 52.9 Å². The Kier molecular flexibility index (Phi) is 5.88. The second kappa shape index (κ2) is 8.16. The third kappa shape index (κ3) is 5.35. The summed E-state index contributed by atoms with van der Waals surface area (Å²) in [5.74, 6) is 1.04. The lowest BCUT2D eigenvalue weighted by Crippen LogP contribution is -2.31. The van der Waals surface area contributed by atoms with Crippen molar-refractivity contribution >= 4 is 11.6 Å². The first kappa shape index (κ1) is 19.5. The number of rotatable bonds is 4. The zero-order valence-corrected chi connectivity index (χ0v) is 16.7. The average Bonchev–Trinajstić information content (AvgIpc) is 2.61. The molecule has 3 heteroatoms. The van der Waals surface area contributed by atoms with Crippen LogP contribution in [-0.2, 0) is 11.2 Å². The highest BCUT2D eigenvalue weighted by Gasteiger charge is 2.32. The quantitative estimate of drug-likeness (QED) is 0.722. The van der Waals surface area contributed by atoms with E-state index in [1.807, 2.05) is 24.3 Å². The van der Waals surface area contributed by atoms with Gasteiger partial charge in [0, 0.05) is 17.7 Å². The molecule has 0 radical (unpaired) electrons. The summed E-state index contributed by atoms with van der Waals surface area (Å²) in [4.78, 5) is 12.7. The van der Waals surface area contributed by atoms with Crippen molar-refractivity contribution in [2.75, 3.05) is 5.32 Å². The minimum Gasteiger partial charge on any atom is -0.508 e. The van der Waals surface area contributed by atoms with E-state index in [0.29, 0.717) is 17.0 Å². The van der Waals surface area contributed by atoms with Crippen molar-refractivity contribution in [3.05, 3.63) is 59.7 Å². The number of carbonyl (C=O) groups excluding carboxylic acids is 1. The van der Waals surface area contributed by atoms with E-state index >= 15 is 0 Å². The molecule has 3 rings (SSSR count). The summed E-state index contributed by atoms with van der Waals surface area (Å²) in [6.45, 7) is 6.87. The normalized spacial score (nSPS) is 20.3. The van der Waals surface area contributed by atoms with Gasteiger partial charge in [-0.25, -0.2) is 0 Å². The van der Waals surface area contributed by atoms with Crippen LogP contribution in [0.3, 0.4) is 0 Å². The molecule has 0 heterocycles. The standard InChI is InChI=1S/C24H31NO2/c1-24(2,3)20-11-9-19(10-12-20)23(27)25-21-14-18(15-22(26)16-21)13-17-7-5-4-6-8-17/h4-8,14-16,19-20,26H,9-13H2,1-3H3,(H,25,27). The van der Waals surface area contributed by atoms with Crippen LogP contribution in [0.1, 0.15) is 57.6 Å². The molecule has 2 N–H and O–H groups in total. The van der Waals surface area contributed by atoms with E-state index in [9.17, 15) is 9.90 Å². The molecule has 144 valence electrons. The van der Waals surface area contributed by atoms with Gasteiger partial charge in [0.15, 0.2) is 0 Å². The summed E-state index contributed by atoms with van der Waals surface area (Å²) in [6, 6.07) is 15.5. The molecule has 0 unspecified atom stereocenters. The Bertz CT molecular complexity index is 769. The Morgan fingerprint density at radius 1 is 1.00 bits per heavy atom. The number of carbonyl (C=O) groups is 1. The molecule has 0 atom stereocenters. The lowest BCUT2D eigenvalue weighted by molar-refractivity contribution is -0.121. The summed E-state index contributed by atoms with van der Waals surface area (Å²) in [5.41, 5.74) is 3.18. The van der Waals surface area contributed by atoms with E-state index in [4.69, 9.17) is 0 Å². The zero-order chi connectivity index (χ0) is 19.4. The summed E-state index contributed by atoms with van der Waals surface area (Å²) in [5, 5.41) is 13.1. The molecule has 2 aromatic rings. The molecule has 0 spiro atoms. The van der Waals surface area contributed by atoms with Gasteiger partial charge in [-0.1, -0.05) is 51.1 Å². The fourth-order valence-electron chi connectivity index (χ4n) is 4.15. The lowest BCUT2D eigenvalue weighted by Gasteiger charge is -2.36. The SMILES string of the molecule is CC(C)(C)C1CCC(C(=O)Nc2cc(O)cc(Cc3ccccc3)c2)CC1. The Morgan fingerprint density at radius 2 is 1.67 bits per heavy atom. The van der Waals surface area contributed by atoms with Crippen molar-refractivity contribution in [3.8, 4) is 5.75 Å². The zero-order valence-electron chi connectivity index (χ0n) is 16.7. The predicted octanol–water partition coefficient (Wildman–Crippen LogP) is 5.77. The van der Waals surface area contributed by atoms with Crippen LogP contribution in [0.4, 0.5) is 5.69 Å². The van der Waals surface area contributed by atoms with Crippen molar-refractivity contribution < 1.29 is 9.90 Å². The van der Waals surface area contributed by atoms with Gasteiger partial charge in [-0.05, 0) is 66.7 Å². The van der Waals surface area contributed by atoms with E-state index in [0.717, 1.165) is 37.7 Å². The van der Waals surface area contributed by atoms with Crippen molar-refractivity contribution in [1.82, 2.24) is 0 Å². The van der Waals surface area contributed by atoms with Gasteiger partial charge in [-0.15, -0.1) is 0 Å². The third-order valence-electron chi connectivity index (χ3n) is 5.82. The lowest BCUT2D eigenvalue weighted by atomic mass is 9.69. The van der Waals surface area contributed by atoms with Gasteiger partial charge in [0.25, 0.3) is 0 Å². The van der Waals surface area contributed by atoms with Gasteiger partial charge in [0.1, 0.15) is 5.75 Å². The number of phenolic OH excluding ortho intramolecular Hbond substituents is 1. The number of hydrogen-bond acceptors (Lipinski definition) is 2. The number of benzene rings is 2. The number of amides is 1. The van der Waals surface area contributed by atoms with E-state index in [1.165, 1.54) is 5.56 Å². The second-order valence-electron chi connectivity index (χ2n) is 8.95. The molecule has 0 aromatic heterocycles. The first-order chi connectivity index (χ1) is 12.8. The van der Waals surface area contributed by atoms with Gasteiger partial charge in [-0.2, -0.15) is 0 Å². The molecule has 2 aromatic carbocycles. The molecular formula is C24H31NO2. The molecule has 0 bridgehead atoms. The summed E-state index contributed by atoms with van der Waals surface area (Å²) in [7, 11) is 0. The molecule has 27 heavy (non-hydrogen) atoms. The molecule has 3 nitrogen and oxygen atoms in total. The van der Waals surface area contributed by atoms with E-state index < -0.39 is 0 Å². The highest BCUT2D eigenvalue weighted by molar-refractivity contribution is 5.92. The molecule has 1 aliphatic rings. The molecular weight excluding hydrogens is 334 g/mol. The summed E-state index contributed by atoms with van der Waals surface area (Å²) >= 11 is 0. The number of anilines is 1. The second-order valence-corrected chi connectivity index (χ2v) is 8.95. The first-order valence-electron chi connectivity index (χ1n) is 9.99. The van der Waals surface area contributed by atoms with Gasteiger partial charge in [-0.3, -0.25) is 4.79 Å². The van der Waals surface area contributed by atoms with Crippen molar-refractivity contribution in [1.29, 1.82) is 0 Å². The Hall–Kier alpha value is -2.29. The van der Waals surface area contributed by atoms with Gasteiger partial charge < -0.3 is 10.4 Å². The fourth-order valence-corrected chi connectivity index (χ4v) is 4.15. The van der Waals surface area contributed by atoms with Gasteiger partial charge in [0.2, 0.25) is 5.91 Å². The molecule has 1 saturated carbocycles. The summed E-state index contributed by atoms with van der Waals surface area (Å²) in [6.07, 6.45) is 4.85. The van der Waals surface area contributed by atoms with Gasteiger partial charge in [0.05, 0.1) is 0 Å². The molecule has 1 aliphatic carbocycles. The average molecular weight is 366 g/mol. The van der Waals surface area contributed by atoms with Gasteiger partial charge >= 0.3 is 0 Å². The van der Waals surface area contributed by atoms with Crippen molar-refractivity contribution in [2.24, 2.45) is 17.3 Å². The van der Waals surface area contributed by atoms with Crippen LogP contribution >= 0.6 is 0 Å². The molecule has 1 amide bonds.